The quantitative estimate of drug-likeness (QED) is 0.636. The standard InChI is InChI=1S/C27H30F3N3O3/c28-22-15-24(30)23(29)13-18(22)14-25(31)19-11-20-4-5-21(12-19)33(20)27(35)17-3-1-2-16(10-17)26(34)32-6-8-36-9-7-32/h1-3,10,13,15,19-21,25H,4-9,11-12,14,31H2/t19?,20?,21?,25-/m1/s1. The maximum atomic E-state index is 14.1. The molecule has 5 rings (SSSR count). The third-order valence-corrected chi connectivity index (χ3v) is 7.81. The maximum absolute atomic E-state index is 14.1. The molecule has 3 aliphatic rings. The van der Waals surface area contributed by atoms with Crippen LogP contribution >= 0.6 is 0 Å². The van der Waals surface area contributed by atoms with Crippen LogP contribution in [0, 0.1) is 23.4 Å². The zero-order chi connectivity index (χ0) is 25.4. The highest BCUT2D eigenvalue weighted by atomic mass is 19.2. The number of amides is 2. The fourth-order valence-corrected chi connectivity index (χ4v) is 5.92. The average molecular weight is 502 g/mol. The Morgan fingerprint density at radius 1 is 0.917 bits per heavy atom. The van der Waals surface area contributed by atoms with Gasteiger partial charge in [0.05, 0.1) is 13.2 Å². The first-order valence-electron chi connectivity index (χ1n) is 12.5. The lowest BCUT2D eigenvalue weighted by atomic mass is 9.82. The van der Waals surface area contributed by atoms with Gasteiger partial charge in [-0.05, 0) is 67.9 Å². The van der Waals surface area contributed by atoms with Gasteiger partial charge < -0.3 is 20.3 Å². The number of fused-ring (bicyclic) bond motifs is 2. The van der Waals surface area contributed by atoms with Gasteiger partial charge in [-0.1, -0.05) is 6.07 Å². The molecule has 0 aliphatic carbocycles. The van der Waals surface area contributed by atoms with E-state index in [1.807, 2.05) is 4.90 Å². The van der Waals surface area contributed by atoms with Gasteiger partial charge >= 0.3 is 0 Å². The van der Waals surface area contributed by atoms with E-state index < -0.39 is 23.5 Å². The van der Waals surface area contributed by atoms with Crippen LogP contribution < -0.4 is 5.73 Å². The van der Waals surface area contributed by atoms with Crippen molar-refractivity contribution in [2.24, 2.45) is 11.7 Å². The lowest BCUT2D eigenvalue weighted by Gasteiger charge is -2.41. The smallest absolute Gasteiger partial charge is 0.254 e. The van der Waals surface area contributed by atoms with Crippen molar-refractivity contribution in [1.29, 1.82) is 0 Å². The number of halogens is 3. The molecule has 3 saturated heterocycles. The molecule has 3 aliphatic heterocycles. The normalized spacial score (nSPS) is 24.6. The van der Waals surface area contributed by atoms with Gasteiger partial charge in [-0.2, -0.15) is 0 Å². The van der Waals surface area contributed by atoms with Crippen LogP contribution in [0.5, 0.6) is 0 Å². The summed E-state index contributed by atoms with van der Waals surface area (Å²) in [6.07, 6.45) is 3.14. The molecule has 192 valence electrons. The third-order valence-electron chi connectivity index (χ3n) is 7.81. The number of carbonyl (C=O) groups is 2. The predicted octanol–water partition coefficient (Wildman–Crippen LogP) is 3.53. The minimum atomic E-state index is -1.22. The van der Waals surface area contributed by atoms with E-state index in [0.717, 1.165) is 18.9 Å². The molecule has 2 bridgehead atoms. The van der Waals surface area contributed by atoms with Crippen LogP contribution in [0.15, 0.2) is 36.4 Å². The number of hydrogen-bond acceptors (Lipinski definition) is 4. The highest BCUT2D eigenvalue weighted by Gasteiger charge is 2.44. The summed E-state index contributed by atoms with van der Waals surface area (Å²) in [5, 5.41) is 0. The molecular weight excluding hydrogens is 471 g/mol. The summed E-state index contributed by atoms with van der Waals surface area (Å²) >= 11 is 0. The number of nitrogens with zero attached hydrogens (tertiary/aromatic N) is 2. The van der Waals surface area contributed by atoms with Crippen molar-refractivity contribution in [3.8, 4) is 0 Å². The number of nitrogens with two attached hydrogens (primary N) is 1. The van der Waals surface area contributed by atoms with E-state index >= 15 is 0 Å². The molecule has 0 spiro atoms. The molecule has 36 heavy (non-hydrogen) atoms. The molecule has 0 saturated carbocycles. The van der Waals surface area contributed by atoms with Gasteiger partial charge in [0.25, 0.3) is 11.8 Å². The molecular formula is C27H30F3N3O3. The summed E-state index contributed by atoms with van der Waals surface area (Å²) in [6.45, 7) is 2.08. The lowest BCUT2D eigenvalue weighted by Crippen LogP contribution is -2.50. The number of hydrogen-bond donors (Lipinski definition) is 1. The Hall–Kier alpha value is -2.91. The number of rotatable bonds is 5. The maximum Gasteiger partial charge on any atom is 0.254 e. The Kier molecular flexibility index (Phi) is 7.03. The Balaban J connectivity index is 1.26. The van der Waals surface area contributed by atoms with Crippen LogP contribution in [0.25, 0.3) is 0 Å². The second kappa shape index (κ2) is 10.2. The molecule has 2 aromatic rings. The number of piperidine rings is 1. The van der Waals surface area contributed by atoms with Crippen molar-refractivity contribution in [3.05, 3.63) is 70.5 Å². The molecule has 3 fully saturated rings. The molecule has 9 heteroatoms. The first-order valence-corrected chi connectivity index (χ1v) is 12.5. The van der Waals surface area contributed by atoms with Crippen LogP contribution in [-0.4, -0.2) is 66.0 Å². The molecule has 2 unspecified atom stereocenters. The zero-order valence-corrected chi connectivity index (χ0v) is 20.0. The van der Waals surface area contributed by atoms with Crippen molar-refractivity contribution in [3.63, 3.8) is 0 Å². The molecule has 6 nitrogen and oxygen atoms in total. The Bertz CT molecular complexity index is 1140. The van der Waals surface area contributed by atoms with E-state index in [0.29, 0.717) is 56.3 Å². The fourth-order valence-electron chi connectivity index (χ4n) is 5.92. The molecule has 2 amide bonds. The molecule has 3 heterocycles. The topological polar surface area (TPSA) is 75.9 Å². The fraction of sp³-hybridized carbons (Fsp3) is 0.481. The summed E-state index contributed by atoms with van der Waals surface area (Å²) in [5.41, 5.74) is 7.44. The summed E-state index contributed by atoms with van der Waals surface area (Å²) in [7, 11) is 0. The Labute approximate surface area is 208 Å². The van der Waals surface area contributed by atoms with Crippen molar-refractivity contribution >= 4 is 11.8 Å². The number of benzene rings is 2. The van der Waals surface area contributed by atoms with Gasteiger partial charge in [0, 0.05) is 48.4 Å². The van der Waals surface area contributed by atoms with Gasteiger partial charge in [0.1, 0.15) is 5.82 Å². The van der Waals surface area contributed by atoms with Crippen LogP contribution in [0.3, 0.4) is 0 Å². The van der Waals surface area contributed by atoms with Crippen molar-refractivity contribution in [2.75, 3.05) is 26.3 Å². The van der Waals surface area contributed by atoms with E-state index in [1.54, 1.807) is 29.2 Å². The predicted molar refractivity (Wildman–Crippen MR) is 127 cm³/mol. The highest BCUT2D eigenvalue weighted by Crippen LogP contribution is 2.41. The summed E-state index contributed by atoms with van der Waals surface area (Å²) < 4.78 is 46.3. The van der Waals surface area contributed by atoms with Crippen LogP contribution in [0.1, 0.15) is 52.0 Å². The van der Waals surface area contributed by atoms with Crippen molar-refractivity contribution < 1.29 is 27.5 Å². The largest absolute Gasteiger partial charge is 0.378 e. The van der Waals surface area contributed by atoms with E-state index in [1.165, 1.54) is 0 Å². The van der Waals surface area contributed by atoms with Gasteiger partial charge in [-0.25, -0.2) is 13.2 Å². The monoisotopic (exact) mass is 501 g/mol. The van der Waals surface area contributed by atoms with Crippen LogP contribution in [0.2, 0.25) is 0 Å². The summed E-state index contributed by atoms with van der Waals surface area (Å²) in [5.74, 6) is -3.28. The minimum absolute atomic E-state index is 0.000650. The van der Waals surface area contributed by atoms with E-state index in [9.17, 15) is 22.8 Å². The highest BCUT2D eigenvalue weighted by molar-refractivity contribution is 6.00. The molecule has 2 N–H and O–H groups in total. The van der Waals surface area contributed by atoms with Crippen LogP contribution in [0.4, 0.5) is 13.2 Å². The number of ether oxygens (including phenoxy) is 1. The SMILES string of the molecule is N[C@H](Cc1cc(F)c(F)cc1F)C1CC2CCC(C1)N2C(=O)c1cccc(C(=O)N2CCOCC2)c1. The van der Waals surface area contributed by atoms with Gasteiger partial charge in [0.2, 0.25) is 0 Å². The van der Waals surface area contributed by atoms with E-state index in [-0.39, 0.29) is 41.8 Å². The van der Waals surface area contributed by atoms with Crippen molar-refractivity contribution in [1.82, 2.24) is 9.80 Å². The first kappa shape index (κ1) is 24.8. The second-order valence-corrected chi connectivity index (χ2v) is 10.0. The number of morpholine rings is 1. The van der Waals surface area contributed by atoms with Crippen LogP contribution in [-0.2, 0) is 11.2 Å². The zero-order valence-electron chi connectivity index (χ0n) is 20.0. The molecule has 0 radical (unpaired) electrons. The van der Waals surface area contributed by atoms with E-state index in [2.05, 4.69) is 0 Å². The van der Waals surface area contributed by atoms with Crippen molar-refractivity contribution in [2.45, 2.75) is 50.2 Å². The summed E-state index contributed by atoms with van der Waals surface area (Å²) in [4.78, 5) is 30.1. The Morgan fingerprint density at radius 3 is 2.19 bits per heavy atom. The lowest BCUT2D eigenvalue weighted by molar-refractivity contribution is 0.0303. The van der Waals surface area contributed by atoms with Gasteiger partial charge in [-0.3, -0.25) is 9.59 Å². The van der Waals surface area contributed by atoms with E-state index in [4.69, 9.17) is 10.5 Å². The van der Waals surface area contributed by atoms with Gasteiger partial charge in [0.15, 0.2) is 11.6 Å². The average Bonchev–Trinajstić information content (AvgIpc) is 3.15. The third kappa shape index (κ3) is 4.86. The molecule has 2 aromatic carbocycles. The number of carbonyl (C=O) groups excluding carboxylic acids is 2. The Morgan fingerprint density at radius 2 is 1.53 bits per heavy atom. The molecule has 0 aromatic heterocycles. The van der Waals surface area contributed by atoms with Gasteiger partial charge in [-0.15, -0.1) is 0 Å². The second-order valence-electron chi connectivity index (χ2n) is 10.0. The minimum Gasteiger partial charge on any atom is -0.378 e. The molecule has 3 atom stereocenters. The first-order chi connectivity index (χ1) is 17.3. The summed E-state index contributed by atoms with van der Waals surface area (Å²) in [6, 6.07) is 7.88.